The highest BCUT2D eigenvalue weighted by Gasteiger charge is 2.20. The molecule has 3 heteroatoms. The Labute approximate surface area is 111 Å². The van der Waals surface area contributed by atoms with E-state index in [4.69, 9.17) is 9.47 Å². The summed E-state index contributed by atoms with van der Waals surface area (Å²) in [6, 6.07) is 13.6. The number of methoxy groups -OCH3 is 1. The van der Waals surface area contributed by atoms with Crippen molar-refractivity contribution in [1.82, 2.24) is 0 Å². The van der Waals surface area contributed by atoms with E-state index in [9.17, 15) is 4.79 Å². The van der Waals surface area contributed by atoms with Gasteiger partial charge in [0.25, 0.3) is 0 Å². The predicted molar refractivity (Wildman–Crippen MR) is 71.4 cm³/mol. The number of hydrogen-bond acceptors (Lipinski definition) is 3. The summed E-state index contributed by atoms with van der Waals surface area (Å²) in [6.07, 6.45) is 0.691. The Morgan fingerprint density at radius 1 is 1.11 bits per heavy atom. The van der Waals surface area contributed by atoms with Crippen molar-refractivity contribution in [1.29, 1.82) is 0 Å². The number of rotatable bonds is 1. The van der Waals surface area contributed by atoms with Gasteiger partial charge in [0.15, 0.2) is 0 Å². The zero-order valence-corrected chi connectivity index (χ0v) is 10.7. The molecule has 1 heterocycles. The Balaban J connectivity index is 2.12. The summed E-state index contributed by atoms with van der Waals surface area (Å²) in [6.45, 7) is 0.536. The molecule has 0 bridgehead atoms. The zero-order valence-electron chi connectivity index (χ0n) is 10.7. The van der Waals surface area contributed by atoms with Gasteiger partial charge < -0.3 is 9.47 Å². The van der Waals surface area contributed by atoms with Crippen molar-refractivity contribution in [3.8, 4) is 5.75 Å². The van der Waals surface area contributed by atoms with Crippen molar-refractivity contribution in [2.45, 2.75) is 13.0 Å². The van der Waals surface area contributed by atoms with Crippen molar-refractivity contribution in [3.63, 3.8) is 0 Å². The molecule has 0 N–H and O–H groups in total. The lowest BCUT2D eigenvalue weighted by Gasteiger charge is -2.10. The van der Waals surface area contributed by atoms with Crippen LogP contribution in [0.15, 0.2) is 42.5 Å². The van der Waals surface area contributed by atoms with Crippen LogP contribution in [0.5, 0.6) is 5.75 Å². The second-order valence-corrected chi connectivity index (χ2v) is 4.51. The van der Waals surface area contributed by atoms with Crippen molar-refractivity contribution in [2.75, 3.05) is 7.11 Å². The molecular weight excluding hydrogens is 240 g/mol. The van der Waals surface area contributed by atoms with Crippen molar-refractivity contribution >= 4 is 5.97 Å². The summed E-state index contributed by atoms with van der Waals surface area (Å²) in [5.74, 6) is 0.443. The zero-order chi connectivity index (χ0) is 13.2. The molecule has 0 aromatic heterocycles. The summed E-state index contributed by atoms with van der Waals surface area (Å²) in [7, 11) is 1.40. The lowest BCUT2D eigenvalue weighted by Crippen LogP contribution is -2.06. The third kappa shape index (κ3) is 2.08. The molecule has 0 spiro atoms. The molecule has 3 rings (SSSR count). The van der Waals surface area contributed by atoms with E-state index in [1.807, 2.05) is 24.3 Å². The summed E-state index contributed by atoms with van der Waals surface area (Å²) in [5.41, 5.74) is 3.84. The van der Waals surface area contributed by atoms with Crippen LogP contribution in [0.2, 0.25) is 0 Å². The number of benzene rings is 2. The van der Waals surface area contributed by atoms with Crippen LogP contribution in [0.25, 0.3) is 0 Å². The van der Waals surface area contributed by atoms with Gasteiger partial charge in [-0.15, -0.1) is 0 Å². The minimum atomic E-state index is -0.320. The normalized spacial score (nSPS) is 12.7. The van der Waals surface area contributed by atoms with Crippen LogP contribution in [0.3, 0.4) is 0 Å². The van der Waals surface area contributed by atoms with Crippen LogP contribution in [0.4, 0.5) is 0 Å². The highest BCUT2D eigenvalue weighted by molar-refractivity contribution is 5.92. The fourth-order valence-corrected chi connectivity index (χ4v) is 2.40. The fraction of sp³-hybridized carbons (Fsp3) is 0.188. The van der Waals surface area contributed by atoms with Gasteiger partial charge in [-0.3, -0.25) is 0 Å². The Morgan fingerprint density at radius 2 is 1.89 bits per heavy atom. The van der Waals surface area contributed by atoms with Crippen molar-refractivity contribution < 1.29 is 14.3 Å². The molecule has 0 saturated carbocycles. The first-order valence-corrected chi connectivity index (χ1v) is 6.19. The second kappa shape index (κ2) is 4.76. The Bertz CT molecular complexity index is 632. The number of carbonyl (C=O) groups is 1. The van der Waals surface area contributed by atoms with E-state index in [-0.39, 0.29) is 5.97 Å². The molecule has 0 amide bonds. The summed E-state index contributed by atoms with van der Waals surface area (Å²) in [4.78, 5) is 11.8. The topological polar surface area (TPSA) is 35.5 Å². The average molecular weight is 254 g/mol. The number of fused-ring (bicyclic) bond motifs is 2. The van der Waals surface area contributed by atoms with Crippen molar-refractivity contribution in [2.24, 2.45) is 0 Å². The van der Waals surface area contributed by atoms with E-state index in [1.54, 1.807) is 6.07 Å². The van der Waals surface area contributed by atoms with E-state index >= 15 is 0 Å². The first-order valence-electron chi connectivity index (χ1n) is 6.19. The van der Waals surface area contributed by atoms with Gasteiger partial charge in [-0.2, -0.15) is 0 Å². The van der Waals surface area contributed by atoms with Crippen LogP contribution in [0.1, 0.15) is 27.0 Å². The molecule has 19 heavy (non-hydrogen) atoms. The predicted octanol–water partition coefficient (Wildman–Crippen LogP) is 2.96. The number of hydrogen-bond donors (Lipinski definition) is 0. The highest BCUT2D eigenvalue weighted by Crippen LogP contribution is 2.31. The summed E-state index contributed by atoms with van der Waals surface area (Å²) >= 11 is 0. The van der Waals surface area contributed by atoms with Gasteiger partial charge in [-0.05, 0) is 23.3 Å². The minimum absolute atomic E-state index is 0.320. The standard InChI is InChI=1S/C16H14O3/c1-18-16(17)13-7-4-8-15-14(13)9-11-5-2-3-6-12(11)10-19-15/h2-8H,9-10H2,1H3. The number of carbonyl (C=O) groups excluding carboxylic acids is 1. The van der Waals surface area contributed by atoms with Gasteiger partial charge in [0.2, 0.25) is 0 Å². The SMILES string of the molecule is COC(=O)c1cccc2c1Cc1ccccc1CO2. The molecule has 0 unspecified atom stereocenters. The molecule has 3 nitrogen and oxygen atoms in total. The average Bonchev–Trinajstić information content (AvgIpc) is 2.65. The summed E-state index contributed by atoms with van der Waals surface area (Å²) in [5, 5.41) is 0. The number of esters is 1. The molecule has 0 radical (unpaired) electrons. The highest BCUT2D eigenvalue weighted by atomic mass is 16.5. The minimum Gasteiger partial charge on any atom is -0.489 e. The van der Waals surface area contributed by atoms with E-state index in [0.29, 0.717) is 18.6 Å². The van der Waals surface area contributed by atoms with Gasteiger partial charge in [-0.1, -0.05) is 30.3 Å². The van der Waals surface area contributed by atoms with Gasteiger partial charge >= 0.3 is 5.97 Å². The number of ether oxygens (including phenoxy) is 2. The first-order chi connectivity index (χ1) is 9.29. The molecule has 1 aliphatic rings. The quantitative estimate of drug-likeness (QED) is 0.734. The smallest absolute Gasteiger partial charge is 0.338 e. The van der Waals surface area contributed by atoms with Crippen LogP contribution < -0.4 is 4.74 Å². The van der Waals surface area contributed by atoms with Gasteiger partial charge in [0.1, 0.15) is 12.4 Å². The molecule has 0 saturated heterocycles. The molecule has 0 atom stereocenters. The maximum atomic E-state index is 11.8. The fourth-order valence-electron chi connectivity index (χ4n) is 2.40. The van der Waals surface area contributed by atoms with E-state index in [0.717, 1.165) is 16.9 Å². The van der Waals surface area contributed by atoms with Crippen LogP contribution in [-0.2, 0) is 17.8 Å². The van der Waals surface area contributed by atoms with E-state index < -0.39 is 0 Å². The molecule has 2 aromatic carbocycles. The van der Waals surface area contributed by atoms with Gasteiger partial charge in [0, 0.05) is 12.0 Å². The van der Waals surface area contributed by atoms with Crippen LogP contribution >= 0.6 is 0 Å². The molecule has 2 aromatic rings. The lowest BCUT2D eigenvalue weighted by molar-refractivity contribution is 0.0599. The second-order valence-electron chi connectivity index (χ2n) is 4.51. The van der Waals surface area contributed by atoms with E-state index in [2.05, 4.69) is 12.1 Å². The third-order valence-electron chi connectivity index (χ3n) is 3.41. The molecule has 96 valence electrons. The maximum absolute atomic E-state index is 11.8. The molecule has 1 aliphatic heterocycles. The molecule has 0 fully saturated rings. The van der Waals surface area contributed by atoms with Crippen molar-refractivity contribution in [3.05, 3.63) is 64.7 Å². The Morgan fingerprint density at radius 3 is 2.68 bits per heavy atom. The van der Waals surface area contributed by atoms with Crippen LogP contribution in [0, 0.1) is 0 Å². The third-order valence-corrected chi connectivity index (χ3v) is 3.41. The largest absolute Gasteiger partial charge is 0.489 e. The maximum Gasteiger partial charge on any atom is 0.338 e. The molecular formula is C16H14O3. The van der Waals surface area contributed by atoms with Gasteiger partial charge in [-0.25, -0.2) is 4.79 Å². The van der Waals surface area contributed by atoms with E-state index in [1.165, 1.54) is 12.7 Å². The Hall–Kier alpha value is -2.29. The monoisotopic (exact) mass is 254 g/mol. The first kappa shape index (κ1) is 11.8. The molecule has 0 aliphatic carbocycles. The van der Waals surface area contributed by atoms with Crippen LogP contribution in [-0.4, -0.2) is 13.1 Å². The Kier molecular flexibility index (Phi) is 2.95. The van der Waals surface area contributed by atoms with Gasteiger partial charge in [0.05, 0.1) is 12.7 Å². The lowest BCUT2D eigenvalue weighted by atomic mass is 9.97. The summed E-state index contributed by atoms with van der Waals surface area (Å²) < 4.78 is 10.6.